The van der Waals surface area contributed by atoms with Crippen molar-refractivity contribution in [3.05, 3.63) is 35.0 Å². The minimum absolute atomic E-state index is 0.0504. The van der Waals surface area contributed by atoms with Gasteiger partial charge in [-0.3, -0.25) is 10.00 Å². The van der Waals surface area contributed by atoms with Crippen LogP contribution >= 0.6 is 11.6 Å². The van der Waals surface area contributed by atoms with Gasteiger partial charge in [0.05, 0.1) is 16.6 Å². The van der Waals surface area contributed by atoms with E-state index in [9.17, 15) is 18.4 Å². The summed E-state index contributed by atoms with van der Waals surface area (Å²) in [4.78, 5) is 13.1. The lowest BCUT2D eigenvalue weighted by atomic mass is 9.94. The standard InChI is InChI=1S/C32H30ClF5N8O2/c1-15-7-21-24(22(10-39)44-43-21)25(28(15)48-32(33,37)38)23-20(35)8-19-27(26(23)36)41-30(42-29(19)45-12-17-3-4-18(13-45)40-17)47-14-31-5-2-6-46(31)11-16(34)9-31/h7-8,16-18,40H,2-6,9,11-14H2,1H3,(H,43,44)/t16-,17?,18?,31+/m1/s1. The average molecular weight is 689 g/mol. The normalized spacial score (nSPS) is 25.6. The molecule has 4 aliphatic heterocycles. The van der Waals surface area contributed by atoms with Crippen LogP contribution in [-0.4, -0.2) is 87.2 Å². The van der Waals surface area contributed by atoms with Crippen LogP contribution < -0.4 is 19.7 Å². The Morgan fingerprint density at radius 1 is 1.15 bits per heavy atom. The van der Waals surface area contributed by atoms with Gasteiger partial charge in [0, 0.05) is 66.1 Å². The van der Waals surface area contributed by atoms with Crippen LogP contribution in [0.15, 0.2) is 12.1 Å². The minimum atomic E-state index is -4.25. The van der Waals surface area contributed by atoms with E-state index in [2.05, 4.69) is 30.4 Å². The van der Waals surface area contributed by atoms with Gasteiger partial charge in [0.25, 0.3) is 0 Å². The number of piperazine rings is 1. The summed E-state index contributed by atoms with van der Waals surface area (Å²) in [5.74, 6) is -2.71. The molecule has 0 spiro atoms. The van der Waals surface area contributed by atoms with Crippen molar-refractivity contribution in [2.24, 2.45) is 0 Å². The predicted octanol–water partition coefficient (Wildman–Crippen LogP) is 5.70. The molecule has 10 nitrogen and oxygen atoms in total. The highest BCUT2D eigenvalue weighted by atomic mass is 35.5. The van der Waals surface area contributed by atoms with Gasteiger partial charge >= 0.3 is 11.6 Å². The molecule has 4 aromatic rings. The molecule has 2 bridgehead atoms. The molecule has 2 unspecified atom stereocenters. The summed E-state index contributed by atoms with van der Waals surface area (Å²) in [5.41, 5.74) is -6.45. The highest BCUT2D eigenvalue weighted by Crippen LogP contribution is 2.47. The van der Waals surface area contributed by atoms with Crippen LogP contribution in [0.4, 0.5) is 27.8 Å². The largest absolute Gasteiger partial charge is 0.487 e. The van der Waals surface area contributed by atoms with E-state index in [4.69, 9.17) is 21.1 Å². The molecule has 6 heterocycles. The maximum atomic E-state index is 17.1. The lowest BCUT2D eigenvalue weighted by Crippen LogP contribution is -2.51. The van der Waals surface area contributed by atoms with Gasteiger partial charge in [-0.2, -0.15) is 20.3 Å². The summed E-state index contributed by atoms with van der Waals surface area (Å²) in [6.45, 7) is 3.56. The van der Waals surface area contributed by atoms with E-state index in [0.29, 0.717) is 26.1 Å². The fourth-order valence-electron chi connectivity index (χ4n) is 8.18. The number of nitrogens with zero attached hydrogens (tertiary/aromatic N) is 6. The van der Waals surface area contributed by atoms with Crippen LogP contribution in [-0.2, 0) is 0 Å². The number of aromatic amines is 1. The molecule has 2 N–H and O–H groups in total. The van der Waals surface area contributed by atoms with E-state index >= 15 is 8.78 Å². The number of H-pyrrole nitrogens is 1. The number of halogens is 6. The van der Waals surface area contributed by atoms with Crippen LogP contribution in [0.1, 0.15) is 43.4 Å². The Balaban J connectivity index is 1.33. The Kier molecular flexibility index (Phi) is 7.35. The quantitative estimate of drug-likeness (QED) is 0.187. The van der Waals surface area contributed by atoms with E-state index in [-0.39, 0.29) is 63.6 Å². The first-order valence-corrected chi connectivity index (χ1v) is 16.2. The number of fused-ring (bicyclic) bond motifs is 5. The van der Waals surface area contributed by atoms with E-state index < -0.39 is 45.8 Å². The number of aromatic nitrogens is 4. The highest BCUT2D eigenvalue weighted by molar-refractivity contribution is 6.21. The molecule has 0 aliphatic carbocycles. The van der Waals surface area contributed by atoms with Crippen LogP contribution in [0.25, 0.3) is 32.9 Å². The molecule has 0 saturated carbocycles. The average Bonchev–Trinajstić information content (AvgIpc) is 3.78. The lowest BCUT2D eigenvalue weighted by Gasteiger charge is -2.34. The topological polar surface area (TPSA) is 115 Å². The zero-order valence-corrected chi connectivity index (χ0v) is 26.5. The maximum Gasteiger partial charge on any atom is 0.487 e. The van der Waals surface area contributed by atoms with Gasteiger partial charge in [-0.25, -0.2) is 13.2 Å². The Morgan fingerprint density at radius 3 is 2.65 bits per heavy atom. The Hall–Kier alpha value is -4.00. The molecular formula is C32H30ClF5N8O2. The van der Waals surface area contributed by atoms with Crippen molar-refractivity contribution in [3.8, 4) is 29.0 Å². The SMILES string of the molecule is Cc1cc2[nH]nc(C#N)c2c(-c2c(F)cc3c(N4CC5CCC(C4)N5)nc(OC[C@@]45CCCN4C[C@H](F)C5)nc3c2F)c1OC(F)(F)Cl. The Bertz CT molecular complexity index is 1990. The van der Waals surface area contributed by atoms with Crippen molar-refractivity contribution in [1.82, 2.24) is 30.4 Å². The van der Waals surface area contributed by atoms with Gasteiger partial charge in [0.15, 0.2) is 11.5 Å². The number of nitrogens with one attached hydrogen (secondary N) is 2. The third-order valence-electron chi connectivity index (χ3n) is 10.2. The van der Waals surface area contributed by atoms with Crippen molar-refractivity contribution in [3.63, 3.8) is 0 Å². The molecule has 8 rings (SSSR count). The third kappa shape index (κ3) is 5.16. The van der Waals surface area contributed by atoms with Crippen molar-refractivity contribution in [1.29, 1.82) is 5.26 Å². The number of nitriles is 1. The molecule has 4 fully saturated rings. The number of ether oxygens (including phenoxy) is 2. The number of anilines is 1. The van der Waals surface area contributed by atoms with Gasteiger partial charge in [-0.05, 0) is 56.8 Å². The van der Waals surface area contributed by atoms with Crippen molar-refractivity contribution >= 4 is 39.2 Å². The second kappa shape index (κ2) is 11.3. The molecule has 252 valence electrons. The van der Waals surface area contributed by atoms with E-state index in [1.165, 1.54) is 13.0 Å². The first kappa shape index (κ1) is 31.3. The zero-order chi connectivity index (χ0) is 33.5. The second-order valence-electron chi connectivity index (χ2n) is 13.2. The maximum absolute atomic E-state index is 17.1. The lowest BCUT2D eigenvalue weighted by molar-refractivity contribution is -0.0964. The predicted molar refractivity (Wildman–Crippen MR) is 166 cm³/mol. The molecule has 0 radical (unpaired) electrons. The molecule has 2 aromatic heterocycles. The highest BCUT2D eigenvalue weighted by Gasteiger charge is 2.49. The fraction of sp³-hybridized carbons (Fsp3) is 0.500. The number of hydrogen-bond acceptors (Lipinski definition) is 9. The van der Waals surface area contributed by atoms with Crippen molar-refractivity contribution < 1.29 is 31.4 Å². The summed E-state index contributed by atoms with van der Waals surface area (Å²) in [6.07, 6.45) is 2.78. The summed E-state index contributed by atoms with van der Waals surface area (Å²) < 4.78 is 87.2. The molecule has 4 saturated heterocycles. The first-order valence-electron chi connectivity index (χ1n) is 15.8. The molecule has 2 aromatic carbocycles. The number of hydrogen-bond donors (Lipinski definition) is 2. The zero-order valence-electron chi connectivity index (χ0n) is 25.7. The summed E-state index contributed by atoms with van der Waals surface area (Å²) in [7, 11) is 0. The van der Waals surface area contributed by atoms with Gasteiger partial charge in [0.1, 0.15) is 41.7 Å². The fourth-order valence-corrected chi connectivity index (χ4v) is 8.26. The van der Waals surface area contributed by atoms with Gasteiger partial charge < -0.3 is 19.7 Å². The molecule has 4 aliphatic rings. The van der Waals surface area contributed by atoms with Crippen LogP contribution in [0, 0.1) is 29.9 Å². The minimum Gasteiger partial charge on any atom is -0.461 e. The van der Waals surface area contributed by atoms with Crippen LogP contribution in [0.3, 0.4) is 0 Å². The van der Waals surface area contributed by atoms with Crippen molar-refractivity contribution in [2.75, 3.05) is 37.7 Å². The van der Waals surface area contributed by atoms with Crippen LogP contribution in [0.5, 0.6) is 11.8 Å². The third-order valence-corrected chi connectivity index (χ3v) is 10.2. The van der Waals surface area contributed by atoms with Gasteiger partial charge in [-0.1, -0.05) is 0 Å². The number of benzene rings is 2. The smallest absolute Gasteiger partial charge is 0.461 e. The summed E-state index contributed by atoms with van der Waals surface area (Å²) >= 11 is 5.16. The van der Waals surface area contributed by atoms with Gasteiger partial charge in [0.2, 0.25) is 0 Å². The Morgan fingerprint density at radius 2 is 1.92 bits per heavy atom. The summed E-state index contributed by atoms with van der Waals surface area (Å²) in [6, 6.07) is 4.38. The van der Waals surface area contributed by atoms with E-state index in [1.807, 2.05) is 11.0 Å². The van der Waals surface area contributed by atoms with Crippen LogP contribution in [0.2, 0.25) is 0 Å². The number of alkyl halides is 4. The molecule has 0 amide bonds. The molecule has 48 heavy (non-hydrogen) atoms. The first-order chi connectivity index (χ1) is 22.9. The van der Waals surface area contributed by atoms with Crippen molar-refractivity contribution in [2.45, 2.75) is 68.4 Å². The molecule has 4 atom stereocenters. The van der Waals surface area contributed by atoms with E-state index in [1.54, 1.807) is 0 Å². The Labute approximate surface area is 276 Å². The summed E-state index contributed by atoms with van der Waals surface area (Å²) in [5, 5.41) is 19.7. The van der Waals surface area contributed by atoms with E-state index in [0.717, 1.165) is 38.3 Å². The monoisotopic (exact) mass is 688 g/mol. The number of aryl methyl sites for hydroxylation is 1. The van der Waals surface area contributed by atoms with Gasteiger partial charge in [-0.15, -0.1) is 8.78 Å². The molecular weight excluding hydrogens is 659 g/mol. The molecule has 16 heteroatoms. The number of rotatable bonds is 7. The second-order valence-corrected chi connectivity index (χ2v) is 13.7.